The van der Waals surface area contributed by atoms with Crippen LogP contribution in [0.4, 0.5) is 4.79 Å². The smallest absolute Gasteiger partial charge is 0.321 e. The van der Waals surface area contributed by atoms with E-state index in [1.54, 1.807) is 0 Å². The van der Waals surface area contributed by atoms with E-state index in [-0.39, 0.29) is 31.1 Å². The van der Waals surface area contributed by atoms with Gasteiger partial charge in [0.05, 0.1) is 6.54 Å². The molecular formula is C13H23N3O3. The average molecular weight is 269 g/mol. The van der Waals surface area contributed by atoms with Gasteiger partial charge in [-0.1, -0.05) is 0 Å². The van der Waals surface area contributed by atoms with Gasteiger partial charge in [-0.25, -0.2) is 4.79 Å². The molecule has 2 rings (SSSR count). The second-order valence-electron chi connectivity index (χ2n) is 5.43. The number of aliphatic hydroxyl groups excluding tert-OH is 1. The first-order valence-electron chi connectivity index (χ1n) is 7.14. The van der Waals surface area contributed by atoms with E-state index >= 15 is 0 Å². The maximum Gasteiger partial charge on any atom is 0.321 e. The van der Waals surface area contributed by atoms with E-state index in [2.05, 4.69) is 15.5 Å². The Labute approximate surface area is 113 Å². The number of carbonyl (C=O) groups excluding carboxylic acids is 2. The molecule has 3 amide bonds. The maximum atomic E-state index is 11.8. The fraction of sp³-hybridized carbons (Fsp3) is 0.846. The lowest BCUT2D eigenvalue weighted by atomic mass is 10.1. The van der Waals surface area contributed by atoms with E-state index in [0.29, 0.717) is 6.04 Å². The van der Waals surface area contributed by atoms with Crippen molar-refractivity contribution in [3.63, 3.8) is 0 Å². The van der Waals surface area contributed by atoms with Crippen LogP contribution in [0.3, 0.4) is 0 Å². The number of carbonyl (C=O) groups is 2. The highest BCUT2D eigenvalue weighted by molar-refractivity contribution is 5.95. The number of hydrogen-bond donors (Lipinski definition) is 3. The first kappa shape index (κ1) is 14.3. The largest absolute Gasteiger partial charge is 0.396 e. The lowest BCUT2D eigenvalue weighted by Gasteiger charge is -2.23. The van der Waals surface area contributed by atoms with Crippen LogP contribution in [0, 0.1) is 0 Å². The number of nitrogens with one attached hydrogen (secondary N) is 2. The Morgan fingerprint density at radius 3 is 2.74 bits per heavy atom. The normalized spacial score (nSPS) is 23.3. The van der Waals surface area contributed by atoms with Crippen LogP contribution >= 0.6 is 0 Å². The summed E-state index contributed by atoms with van der Waals surface area (Å²) in [7, 11) is 0. The standard InChI is InChI=1S/C13H23N3O3/c17-8-2-4-11-3-1-7-16(11)9-12(18)15-13(19)14-10-5-6-10/h10-11,17H,1-9H2,(H2,14,15,18,19). The molecule has 1 aliphatic carbocycles. The van der Waals surface area contributed by atoms with Crippen LogP contribution < -0.4 is 10.6 Å². The number of aliphatic hydroxyl groups is 1. The molecule has 19 heavy (non-hydrogen) atoms. The molecule has 0 bridgehead atoms. The van der Waals surface area contributed by atoms with Gasteiger partial charge in [-0.05, 0) is 45.1 Å². The number of urea groups is 1. The summed E-state index contributed by atoms with van der Waals surface area (Å²) in [5, 5.41) is 14.0. The molecule has 0 aromatic heterocycles. The van der Waals surface area contributed by atoms with Crippen molar-refractivity contribution in [2.24, 2.45) is 0 Å². The number of nitrogens with zero attached hydrogens (tertiary/aromatic N) is 1. The number of rotatable bonds is 6. The van der Waals surface area contributed by atoms with Crippen LogP contribution in [0.5, 0.6) is 0 Å². The Balaban J connectivity index is 1.69. The molecule has 2 fully saturated rings. The van der Waals surface area contributed by atoms with E-state index in [4.69, 9.17) is 5.11 Å². The third-order valence-electron chi connectivity index (χ3n) is 3.71. The predicted octanol–water partition coefficient (Wildman–Crippen LogP) is 0.212. The van der Waals surface area contributed by atoms with Gasteiger partial charge in [0.15, 0.2) is 0 Å². The molecule has 1 saturated heterocycles. The van der Waals surface area contributed by atoms with Crippen LogP contribution in [-0.2, 0) is 4.79 Å². The topological polar surface area (TPSA) is 81.7 Å². The van der Waals surface area contributed by atoms with Crippen LogP contribution in [-0.4, -0.2) is 53.7 Å². The zero-order chi connectivity index (χ0) is 13.7. The molecule has 1 heterocycles. The second kappa shape index (κ2) is 6.86. The monoisotopic (exact) mass is 269 g/mol. The molecule has 2 aliphatic rings. The summed E-state index contributed by atoms with van der Waals surface area (Å²) in [6.45, 7) is 1.36. The van der Waals surface area contributed by atoms with Crippen molar-refractivity contribution in [3.8, 4) is 0 Å². The van der Waals surface area contributed by atoms with E-state index in [0.717, 1.165) is 45.1 Å². The lowest BCUT2D eigenvalue weighted by Crippen LogP contribution is -2.46. The summed E-state index contributed by atoms with van der Waals surface area (Å²) in [6, 6.07) is 0.250. The summed E-state index contributed by atoms with van der Waals surface area (Å²) in [5.41, 5.74) is 0. The van der Waals surface area contributed by atoms with Gasteiger partial charge in [0, 0.05) is 18.7 Å². The molecule has 6 heteroatoms. The first-order chi connectivity index (χ1) is 9.19. The fourth-order valence-electron chi connectivity index (χ4n) is 2.56. The van der Waals surface area contributed by atoms with E-state index in [1.807, 2.05) is 0 Å². The fourth-order valence-corrected chi connectivity index (χ4v) is 2.56. The van der Waals surface area contributed by atoms with Crippen molar-refractivity contribution in [1.29, 1.82) is 0 Å². The number of imide groups is 1. The minimum atomic E-state index is -0.376. The Hall–Kier alpha value is -1.14. The maximum absolute atomic E-state index is 11.8. The highest BCUT2D eigenvalue weighted by atomic mass is 16.3. The van der Waals surface area contributed by atoms with Crippen LogP contribution in [0.2, 0.25) is 0 Å². The van der Waals surface area contributed by atoms with Gasteiger partial charge in [0.2, 0.25) is 5.91 Å². The summed E-state index contributed by atoms with van der Waals surface area (Å²) >= 11 is 0. The molecule has 1 atom stereocenters. The van der Waals surface area contributed by atoms with Gasteiger partial charge < -0.3 is 10.4 Å². The van der Waals surface area contributed by atoms with Crippen LogP contribution in [0.1, 0.15) is 38.5 Å². The third-order valence-corrected chi connectivity index (χ3v) is 3.71. The quantitative estimate of drug-likeness (QED) is 0.644. The van der Waals surface area contributed by atoms with Crippen molar-refractivity contribution >= 4 is 11.9 Å². The molecule has 1 unspecified atom stereocenters. The molecule has 3 N–H and O–H groups in total. The second-order valence-corrected chi connectivity index (χ2v) is 5.43. The van der Waals surface area contributed by atoms with Gasteiger partial charge in [0.25, 0.3) is 0 Å². The van der Waals surface area contributed by atoms with Crippen molar-refractivity contribution in [2.75, 3.05) is 19.7 Å². The minimum Gasteiger partial charge on any atom is -0.396 e. The molecule has 1 aliphatic heterocycles. The van der Waals surface area contributed by atoms with Crippen molar-refractivity contribution in [3.05, 3.63) is 0 Å². The number of likely N-dealkylation sites (tertiary alicyclic amines) is 1. The van der Waals surface area contributed by atoms with Gasteiger partial charge in [0.1, 0.15) is 0 Å². The number of hydrogen-bond acceptors (Lipinski definition) is 4. The number of amides is 3. The summed E-state index contributed by atoms with van der Waals surface area (Å²) in [5.74, 6) is -0.242. The predicted molar refractivity (Wildman–Crippen MR) is 70.6 cm³/mol. The molecule has 108 valence electrons. The first-order valence-corrected chi connectivity index (χ1v) is 7.14. The summed E-state index contributed by atoms with van der Waals surface area (Å²) < 4.78 is 0. The minimum absolute atomic E-state index is 0.195. The average Bonchev–Trinajstić information content (AvgIpc) is 3.05. The van der Waals surface area contributed by atoms with E-state index in [1.165, 1.54) is 0 Å². The zero-order valence-corrected chi connectivity index (χ0v) is 11.2. The van der Waals surface area contributed by atoms with Crippen LogP contribution in [0.15, 0.2) is 0 Å². The van der Waals surface area contributed by atoms with Crippen molar-refractivity contribution in [1.82, 2.24) is 15.5 Å². The Kier molecular flexibility index (Phi) is 5.15. The Morgan fingerprint density at radius 1 is 1.26 bits per heavy atom. The molecule has 0 aromatic rings. The molecule has 6 nitrogen and oxygen atoms in total. The molecular weight excluding hydrogens is 246 g/mol. The molecule has 0 spiro atoms. The Morgan fingerprint density at radius 2 is 2.05 bits per heavy atom. The van der Waals surface area contributed by atoms with Gasteiger partial charge >= 0.3 is 6.03 Å². The highest BCUT2D eigenvalue weighted by Crippen LogP contribution is 2.20. The van der Waals surface area contributed by atoms with Crippen LogP contribution in [0.25, 0.3) is 0 Å². The highest BCUT2D eigenvalue weighted by Gasteiger charge is 2.27. The summed E-state index contributed by atoms with van der Waals surface area (Å²) in [6.07, 6.45) is 5.86. The molecule has 1 saturated carbocycles. The van der Waals surface area contributed by atoms with Gasteiger partial charge in [-0.3, -0.25) is 15.0 Å². The van der Waals surface area contributed by atoms with Gasteiger partial charge in [-0.15, -0.1) is 0 Å². The summed E-state index contributed by atoms with van der Waals surface area (Å²) in [4.78, 5) is 25.3. The lowest BCUT2D eigenvalue weighted by molar-refractivity contribution is -0.121. The third kappa shape index (κ3) is 4.80. The van der Waals surface area contributed by atoms with Crippen molar-refractivity contribution < 1.29 is 14.7 Å². The van der Waals surface area contributed by atoms with E-state index in [9.17, 15) is 9.59 Å². The SMILES string of the molecule is O=C(CN1CCCC1CCCO)NC(=O)NC1CC1. The Bertz CT molecular complexity index is 331. The van der Waals surface area contributed by atoms with Crippen molar-refractivity contribution in [2.45, 2.75) is 50.6 Å². The zero-order valence-electron chi connectivity index (χ0n) is 11.2. The van der Waals surface area contributed by atoms with E-state index < -0.39 is 0 Å². The van der Waals surface area contributed by atoms with Gasteiger partial charge in [-0.2, -0.15) is 0 Å². The molecule has 0 radical (unpaired) electrons. The molecule has 0 aromatic carbocycles.